The van der Waals surface area contributed by atoms with Gasteiger partial charge in [-0.05, 0) is 61.4 Å². The van der Waals surface area contributed by atoms with E-state index in [2.05, 4.69) is 35.3 Å². The summed E-state index contributed by atoms with van der Waals surface area (Å²) in [5.41, 5.74) is 2.31. The zero-order valence-corrected chi connectivity index (χ0v) is 15.3. The Kier molecular flexibility index (Phi) is 5.33. The average Bonchev–Trinajstić information content (AvgIpc) is 3.28. The highest BCUT2D eigenvalue weighted by Crippen LogP contribution is 2.35. The van der Waals surface area contributed by atoms with E-state index in [4.69, 9.17) is 4.42 Å². The lowest BCUT2D eigenvalue weighted by Gasteiger charge is -2.36. The molecule has 3 aromatic rings. The first-order valence-electron chi connectivity index (χ1n) is 9.60. The molecule has 1 fully saturated rings. The number of carbonyl (C=O) groups excluding carboxylic acids is 1. The number of hydrogen-bond acceptors (Lipinski definition) is 3. The number of aromatic nitrogens is 1. The van der Waals surface area contributed by atoms with Gasteiger partial charge >= 0.3 is 0 Å². The van der Waals surface area contributed by atoms with Crippen molar-refractivity contribution in [3.8, 4) is 0 Å². The molecule has 2 aromatic heterocycles. The van der Waals surface area contributed by atoms with Crippen molar-refractivity contribution in [2.45, 2.75) is 44.2 Å². The van der Waals surface area contributed by atoms with Crippen LogP contribution in [0, 0.1) is 0 Å². The minimum atomic E-state index is -0.0474. The molecule has 2 heterocycles. The summed E-state index contributed by atoms with van der Waals surface area (Å²) in [7, 11) is 0. The van der Waals surface area contributed by atoms with Crippen LogP contribution in [0.5, 0.6) is 0 Å². The maximum Gasteiger partial charge on any atom is 0.290 e. The number of rotatable bonds is 5. The molecule has 1 aromatic carbocycles. The van der Waals surface area contributed by atoms with Crippen molar-refractivity contribution in [1.82, 2.24) is 9.88 Å². The highest BCUT2D eigenvalue weighted by atomic mass is 16.3. The van der Waals surface area contributed by atoms with Crippen molar-refractivity contribution < 1.29 is 9.21 Å². The predicted molar refractivity (Wildman–Crippen MR) is 104 cm³/mol. The first kappa shape index (κ1) is 17.5. The van der Waals surface area contributed by atoms with Gasteiger partial charge in [0.25, 0.3) is 5.91 Å². The van der Waals surface area contributed by atoms with Crippen LogP contribution in [0.15, 0.2) is 77.5 Å². The number of amides is 1. The molecule has 0 spiro atoms. The lowest BCUT2D eigenvalue weighted by molar-refractivity contribution is 0.0570. The van der Waals surface area contributed by atoms with E-state index >= 15 is 0 Å². The number of carbonyl (C=O) groups is 1. The van der Waals surface area contributed by atoms with Crippen LogP contribution in [0.2, 0.25) is 0 Å². The quantitative estimate of drug-likeness (QED) is 0.640. The van der Waals surface area contributed by atoms with E-state index in [9.17, 15) is 4.79 Å². The van der Waals surface area contributed by atoms with Gasteiger partial charge in [-0.1, -0.05) is 36.4 Å². The van der Waals surface area contributed by atoms with Crippen LogP contribution in [0.1, 0.15) is 53.4 Å². The van der Waals surface area contributed by atoms with Crippen molar-refractivity contribution in [1.29, 1.82) is 0 Å². The van der Waals surface area contributed by atoms with Crippen LogP contribution in [0.4, 0.5) is 0 Å². The largest absolute Gasteiger partial charge is 0.459 e. The number of hydrogen-bond donors (Lipinski definition) is 0. The molecule has 0 bridgehead atoms. The van der Waals surface area contributed by atoms with Gasteiger partial charge in [-0.25, -0.2) is 0 Å². The fourth-order valence-electron chi connectivity index (χ4n) is 4.02. The second-order valence-electron chi connectivity index (χ2n) is 7.15. The summed E-state index contributed by atoms with van der Waals surface area (Å²) >= 11 is 0. The molecule has 0 saturated heterocycles. The molecule has 4 nitrogen and oxygen atoms in total. The normalized spacial score (nSPS) is 19.6. The summed E-state index contributed by atoms with van der Waals surface area (Å²) in [4.78, 5) is 19.4. The van der Waals surface area contributed by atoms with Gasteiger partial charge in [0.05, 0.1) is 18.5 Å². The first-order valence-corrected chi connectivity index (χ1v) is 9.60. The van der Waals surface area contributed by atoms with Crippen molar-refractivity contribution in [2.24, 2.45) is 0 Å². The van der Waals surface area contributed by atoms with E-state index < -0.39 is 0 Å². The van der Waals surface area contributed by atoms with E-state index in [0.29, 0.717) is 18.2 Å². The van der Waals surface area contributed by atoms with Crippen LogP contribution in [0.3, 0.4) is 0 Å². The molecule has 1 aliphatic rings. The topological polar surface area (TPSA) is 46.3 Å². The maximum absolute atomic E-state index is 13.1. The van der Waals surface area contributed by atoms with E-state index in [1.807, 2.05) is 23.1 Å². The molecule has 4 rings (SSSR count). The lowest BCUT2D eigenvalue weighted by Crippen LogP contribution is -2.41. The Morgan fingerprint density at radius 1 is 0.963 bits per heavy atom. The highest BCUT2D eigenvalue weighted by molar-refractivity contribution is 5.91. The highest BCUT2D eigenvalue weighted by Gasteiger charge is 2.31. The SMILES string of the molecule is O=C(c1ccco1)N(Cc1ccccn1)C1CCC(c2ccccc2)CC1. The Morgan fingerprint density at radius 2 is 1.74 bits per heavy atom. The van der Waals surface area contributed by atoms with Crippen LogP contribution in [-0.2, 0) is 6.54 Å². The molecule has 1 saturated carbocycles. The lowest BCUT2D eigenvalue weighted by atomic mass is 9.81. The minimum absolute atomic E-state index is 0.0474. The van der Waals surface area contributed by atoms with E-state index in [1.54, 1.807) is 24.6 Å². The molecule has 4 heteroatoms. The van der Waals surface area contributed by atoms with E-state index in [1.165, 1.54) is 5.56 Å². The van der Waals surface area contributed by atoms with Gasteiger partial charge in [0, 0.05) is 12.2 Å². The third-order valence-corrected chi connectivity index (χ3v) is 5.46. The number of nitrogens with zero attached hydrogens (tertiary/aromatic N) is 2. The monoisotopic (exact) mass is 360 g/mol. The molecule has 27 heavy (non-hydrogen) atoms. The Hall–Kier alpha value is -2.88. The molecule has 0 atom stereocenters. The van der Waals surface area contributed by atoms with Gasteiger partial charge in [-0.2, -0.15) is 0 Å². The van der Waals surface area contributed by atoms with Gasteiger partial charge in [0.2, 0.25) is 0 Å². The summed E-state index contributed by atoms with van der Waals surface area (Å²) in [6, 6.07) is 20.2. The summed E-state index contributed by atoms with van der Waals surface area (Å²) < 4.78 is 5.38. The molecule has 1 amide bonds. The minimum Gasteiger partial charge on any atom is -0.459 e. The second-order valence-corrected chi connectivity index (χ2v) is 7.15. The fraction of sp³-hybridized carbons (Fsp3) is 0.304. The second kappa shape index (κ2) is 8.21. The van der Waals surface area contributed by atoms with Crippen LogP contribution >= 0.6 is 0 Å². The van der Waals surface area contributed by atoms with Gasteiger partial charge in [-0.15, -0.1) is 0 Å². The number of benzene rings is 1. The smallest absolute Gasteiger partial charge is 0.290 e. The standard InChI is InChI=1S/C23H24N2O2/c26-23(22-10-6-16-27-22)25(17-20-9-4-5-15-24-20)21-13-11-19(12-14-21)18-7-2-1-3-8-18/h1-10,15-16,19,21H,11-14,17H2. The average molecular weight is 360 g/mol. The third-order valence-electron chi connectivity index (χ3n) is 5.46. The van der Waals surface area contributed by atoms with Crippen LogP contribution in [-0.4, -0.2) is 21.8 Å². The maximum atomic E-state index is 13.1. The van der Waals surface area contributed by atoms with Crippen molar-refractivity contribution in [3.63, 3.8) is 0 Å². The van der Waals surface area contributed by atoms with Gasteiger partial charge in [-0.3, -0.25) is 9.78 Å². The van der Waals surface area contributed by atoms with Crippen LogP contribution < -0.4 is 0 Å². The van der Waals surface area contributed by atoms with Crippen LogP contribution in [0.25, 0.3) is 0 Å². The summed E-state index contributed by atoms with van der Waals surface area (Å²) in [6.45, 7) is 0.515. The third kappa shape index (κ3) is 4.11. The van der Waals surface area contributed by atoms with E-state index in [-0.39, 0.29) is 11.9 Å². The zero-order chi connectivity index (χ0) is 18.5. The van der Waals surface area contributed by atoms with Crippen molar-refractivity contribution in [2.75, 3.05) is 0 Å². The van der Waals surface area contributed by atoms with Gasteiger partial charge < -0.3 is 9.32 Å². The van der Waals surface area contributed by atoms with Gasteiger partial charge in [0.1, 0.15) is 0 Å². The molecule has 0 radical (unpaired) electrons. The number of pyridine rings is 1. The Morgan fingerprint density at radius 3 is 2.41 bits per heavy atom. The van der Waals surface area contributed by atoms with Gasteiger partial charge in [0.15, 0.2) is 5.76 Å². The Balaban J connectivity index is 1.50. The Bertz CT molecular complexity index is 839. The predicted octanol–water partition coefficient (Wildman–Crippen LogP) is 5.04. The Labute approximate surface area is 159 Å². The van der Waals surface area contributed by atoms with E-state index in [0.717, 1.165) is 31.4 Å². The first-order chi connectivity index (χ1) is 13.3. The molecule has 0 unspecified atom stereocenters. The molecule has 138 valence electrons. The summed E-state index contributed by atoms with van der Waals surface area (Å²) in [5.74, 6) is 0.933. The molecule has 0 aliphatic heterocycles. The number of furan rings is 1. The molecular formula is C23H24N2O2. The molecular weight excluding hydrogens is 336 g/mol. The van der Waals surface area contributed by atoms with Crippen molar-refractivity contribution in [3.05, 3.63) is 90.1 Å². The molecule has 0 N–H and O–H groups in total. The fourth-order valence-corrected chi connectivity index (χ4v) is 4.02. The van der Waals surface area contributed by atoms with Crippen molar-refractivity contribution >= 4 is 5.91 Å². The summed E-state index contributed by atoms with van der Waals surface area (Å²) in [5, 5.41) is 0. The zero-order valence-electron chi connectivity index (χ0n) is 15.3. The summed E-state index contributed by atoms with van der Waals surface area (Å²) in [6.07, 6.45) is 7.52. The molecule has 1 aliphatic carbocycles.